The first kappa shape index (κ1) is 40.8. The van der Waals surface area contributed by atoms with Gasteiger partial charge in [0, 0.05) is 6.07 Å². The first-order chi connectivity index (χ1) is 22.3. The molecule has 1 aromatic carbocycles. The van der Waals surface area contributed by atoms with Gasteiger partial charge in [0.1, 0.15) is 11.5 Å². The van der Waals surface area contributed by atoms with Crippen molar-refractivity contribution in [1.82, 2.24) is 0 Å². The minimum absolute atomic E-state index is 0.767. The molecule has 45 heavy (non-hydrogen) atoms. The average Bonchev–Trinajstić information content (AvgIpc) is 3.03. The number of hydrogen-bond acceptors (Lipinski definition) is 2. The maximum atomic E-state index is 6.04. The molecule has 1 aromatic rings. The van der Waals surface area contributed by atoms with Gasteiger partial charge in [-0.1, -0.05) is 140 Å². The van der Waals surface area contributed by atoms with Crippen molar-refractivity contribution in [3.63, 3.8) is 0 Å². The molecule has 0 saturated heterocycles. The van der Waals surface area contributed by atoms with E-state index < -0.39 is 0 Å². The monoisotopic (exact) mass is 620 g/mol. The number of benzene rings is 1. The molecule has 0 aliphatic carbocycles. The van der Waals surface area contributed by atoms with E-state index in [1.54, 1.807) is 0 Å². The zero-order chi connectivity index (χ0) is 32.3. The van der Waals surface area contributed by atoms with E-state index in [9.17, 15) is 0 Å². The Morgan fingerprint density at radius 2 is 0.756 bits per heavy atom. The molecule has 0 amide bonds. The van der Waals surface area contributed by atoms with Crippen LogP contribution in [0.3, 0.4) is 0 Å². The van der Waals surface area contributed by atoms with Crippen molar-refractivity contribution in [3.8, 4) is 11.5 Å². The minimum atomic E-state index is 0.767. The highest BCUT2D eigenvalue weighted by atomic mass is 16.5. The molecule has 0 aliphatic rings. The van der Waals surface area contributed by atoms with Crippen LogP contribution in [0, 0.1) is 6.92 Å². The summed E-state index contributed by atoms with van der Waals surface area (Å²) in [5, 5.41) is 0. The zero-order valence-electron chi connectivity index (χ0n) is 29.8. The Kier molecular flexibility index (Phi) is 30.1. The van der Waals surface area contributed by atoms with Crippen LogP contribution in [0.2, 0.25) is 0 Å². The summed E-state index contributed by atoms with van der Waals surface area (Å²) in [6.45, 7) is 10.2. The summed E-state index contributed by atoms with van der Waals surface area (Å²) < 4.78 is 12.1. The molecule has 0 aliphatic heterocycles. The van der Waals surface area contributed by atoms with Gasteiger partial charge in [-0.3, -0.25) is 0 Å². The number of unbranched alkanes of at least 4 members (excludes halogenated alkanes) is 18. The fraction of sp³-hybridized carbons (Fsp3) is 0.651. The zero-order valence-corrected chi connectivity index (χ0v) is 29.8. The molecule has 0 fully saturated rings. The molecular weight excluding hydrogens is 548 g/mol. The lowest BCUT2D eigenvalue weighted by Gasteiger charge is -2.11. The number of hydrogen-bond donors (Lipinski definition) is 0. The van der Waals surface area contributed by atoms with Crippen molar-refractivity contribution < 1.29 is 9.47 Å². The maximum absolute atomic E-state index is 6.04. The number of rotatable bonds is 32. The quantitative estimate of drug-likeness (QED) is 0.0590. The lowest BCUT2D eigenvalue weighted by Crippen LogP contribution is -2.00. The van der Waals surface area contributed by atoms with Crippen LogP contribution in [-0.2, 0) is 0 Å². The van der Waals surface area contributed by atoms with Gasteiger partial charge in [0.05, 0.1) is 13.2 Å². The molecular formula is C43H71O2. The van der Waals surface area contributed by atoms with E-state index in [-0.39, 0.29) is 0 Å². The normalized spacial score (nSPS) is 12.1. The first-order valence-electron chi connectivity index (χ1n) is 19.1. The lowest BCUT2D eigenvalue weighted by atomic mass is 10.1. The van der Waals surface area contributed by atoms with Crippen molar-refractivity contribution in [2.45, 2.75) is 168 Å². The second-order valence-corrected chi connectivity index (χ2v) is 12.7. The maximum Gasteiger partial charge on any atom is 0.123 e. The third-order valence-corrected chi connectivity index (χ3v) is 8.17. The van der Waals surface area contributed by atoms with E-state index in [4.69, 9.17) is 9.47 Å². The molecule has 255 valence electrons. The standard InChI is InChI=1S/C43H71O2/c1-4-6-8-10-12-14-16-18-20-22-24-26-28-30-32-34-36-44-42-38-41(3)39-43(40-42)45-37-35-33-31-29-27-25-23-21-19-17-15-13-11-9-7-5-2/h12-15,18-21,38-40H,3-11,16-17,22-37H2,1-2H3/b14-12-,15-13-,20-18-,21-19-. The summed E-state index contributed by atoms with van der Waals surface area (Å²) in [5.41, 5.74) is 0.955. The highest BCUT2D eigenvalue weighted by Crippen LogP contribution is 2.23. The topological polar surface area (TPSA) is 18.5 Å². The van der Waals surface area contributed by atoms with Crippen molar-refractivity contribution >= 4 is 0 Å². The molecule has 0 heterocycles. The molecule has 1 radical (unpaired) electrons. The molecule has 1 rings (SSSR count). The fourth-order valence-corrected chi connectivity index (χ4v) is 5.36. The first-order valence-corrected chi connectivity index (χ1v) is 19.1. The highest BCUT2D eigenvalue weighted by Gasteiger charge is 2.02. The van der Waals surface area contributed by atoms with Gasteiger partial charge in [-0.15, -0.1) is 0 Å². The van der Waals surface area contributed by atoms with Crippen LogP contribution in [0.1, 0.15) is 174 Å². The number of allylic oxidation sites excluding steroid dienone is 8. The van der Waals surface area contributed by atoms with E-state index in [0.717, 1.165) is 56.0 Å². The van der Waals surface area contributed by atoms with Gasteiger partial charge in [0.25, 0.3) is 0 Å². The third-order valence-electron chi connectivity index (χ3n) is 8.17. The fourth-order valence-electron chi connectivity index (χ4n) is 5.36. The molecule has 2 heteroatoms. The summed E-state index contributed by atoms with van der Waals surface area (Å²) in [5.74, 6) is 1.77. The molecule has 0 atom stereocenters. The van der Waals surface area contributed by atoms with Gasteiger partial charge in [-0.05, 0) is 102 Å². The Morgan fingerprint density at radius 3 is 1.13 bits per heavy atom. The Morgan fingerprint density at radius 1 is 0.422 bits per heavy atom. The summed E-state index contributed by atoms with van der Waals surface area (Å²) >= 11 is 0. The van der Waals surface area contributed by atoms with Crippen LogP contribution in [0.15, 0.2) is 66.8 Å². The van der Waals surface area contributed by atoms with E-state index in [2.05, 4.69) is 69.4 Å². The van der Waals surface area contributed by atoms with Crippen molar-refractivity contribution in [1.29, 1.82) is 0 Å². The molecule has 0 spiro atoms. The second-order valence-electron chi connectivity index (χ2n) is 12.7. The third kappa shape index (κ3) is 29.0. The van der Waals surface area contributed by atoms with Crippen LogP contribution in [0.5, 0.6) is 11.5 Å². The van der Waals surface area contributed by atoms with E-state index in [1.807, 2.05) is 18.2 Å². The van der Waals surface area contributed by atoms with Crippen LogP contribution >= 0.6 is 0 Å². The lowest BCUT2D eigenvalue weighted by molar-refractivity contribution is 0.289. The Labute approximate surface area is 280 Å². The van der Waals surface area contributed by atoms with Crippen molar-refractivity contribution in [2.24, 2.45) is 0 Å². The predicted octanol–water partition coefficient (Wildman–Crippen LogP) is 14.3. The summed E-state index contributed by atoms with van der Waals surface area (Å²) in [7, 11) is 0. The molecule has 0 saturated carbocycles. The van der Waals surface area contributed by atoms with Gasteiger partial charge in [-0.2, -0.15) is 0 Å². The SMILES string of the molecule is [CH2]c1cc(OCCCCCCCC/C=C\C/C=C\CCCCC)cc(OCCCCCCCC/C=C\C/C=C\CCCCC)c1. The van der Waals surface area contributed by atoms with Crippen LogP contribution in [-0.4, -0.2) is 13.2 Å². The Balaban J connectivity index is 1.97. The van der Waals surface area contributed by atoms with Gasteiger partial charge in [-0.25, -0.2) is 0 Å². The molecule has 0 unspecified atom stereocenters. The molecule has 0 aromatic heterocycles. The number of ether oxygens (including phenoxy) is 2. The van der Waals surface area contributed by atoms with E-state index in [0.29, 0.717) is 0 Å². The van der Waals surface area contributed by atoms with E-state index >= 15 is 0 Å². The van der Waals surface area contributed by atoms with Crippen molar-refractivity contribution in [3.05, 3.63) is 79.3 Å². The summed E-state index contributed by atoms with van der Waals surface area (Å²) in [4.78, 5) is 0. The van der Waals surface area contributed by atoms with Gasteiger partial charge in [0.15, 0.2) is 0 Å². The van der Waals surface area contributed by atoms with Gasteiger partial charge < -0.3 is 9.47 Å². The Hall–Kier alpha value is -2.22. The van der Waals surface area contributed by atoms with Crippen LogP contribution < -0.4 is 9.47 Å². The predicted molar refractivity (Wildman–Crippen MR) is 201 cm³/mol. The highest BCUT2D eigenvalue weighted by molar-refractivity contribution is 5.39. The van der Waals surface area contributed by atoms with Crippen molar-refractivity contribution in [2.75, 3.05) is 13.2 Å². The molecule has 2 nitrogen and oxygen atoms in total. The summed E-state index contributed by atoms with van der Waals surface area (Å²) in [6.07, 6.45) is 49.0. The van der Waals surface area contributed by atoms with E-state index in [1.165, 1.54) is 128 Å². The van der Waals surface area contributed by atoms with Crippen LogP contribution in [0.4, 0.5) is 0 Å². The Bertz CT molecular complexity index is 810. The second kappa shape index (κ2) is 33.2. The largest absolute Gasteiger partial charge is 0.493 e. The van der Waals surface area contributed by atoms with Crippen LogP contribution in [0.25, 0.3) is 0 Å². The smallest absolute Gasteiger partial charge is 0.123 e. The minimum Gasteiger partial charge on any atom is -0.493 e. The van der Waals surface area contributed by atoms with Gasteiger partial charge in [0.2, 0.25) is 0 Å². The summed E-state index contributed by atoms with van der Waals surface area (Å²) in [6, 6.07) is 6.06. The van der Waals surface area contributed by atoms with Gasteiger partial charge >= 0.3 is 0 Å². The molecule has 0 N–H and O–H groups in total. The average molecular weight is 620 g/mol. The molecule has 0 bridgehead atoms.